The number of aromatic amines is 1. The van der Waals surface area contributed by atoms with Gasteiger partial charge in [-0.05, 0) is 12.5 Å². The second-order valence-electron chi connectivity index (χ2n) is 3.55. The molecule has 0 radical (unpaired) electrons. The molecule has 0 unspecified atom stereocenters. The quantitative estimate of drug-likeness (QED) is 0.849. The molecule has 7 heteroatoms. The second kappa shape index (κ2) is 4.62. The molecule has 0 aliphatic heterocycles. The largest absolute Gasteiger partial charge is 0.487 e. The summed E-state index contributed by atoms with van der Waals surface area (Å²) in [6.45, 7) is 5.86. The molecule has 5 nitrogen and oxygen atoms in total. The fourth-order valence-corrected chi connectivity index (χ4v) is 1.66. The average molecular weight is 255 g/mol. The molecule has 90 valence electrons. The van der Waals surface area contributed by atoms with Crippen LogP contribution >= 0.6 is 12.3 Å². The van der Waals surface area contributed by atoms with Crippen molar-refractivity contribution in [2.75, 3.05) is 6.61 Å². The van der Waals surface area contributed by atoms with Gasteiger partial charge in [0.15, 0.2) is 18.0 Å². The first kappa shape index (κ1) is 11.7. The third kappa shape index (κ3) is 2.19. The topological polar surface area (TPSA) is 59.9 Å². The van der Waals surface area contributed by atoms with Crippen LogP contribution < -0.4 is 10.4 Å². The number of ether oxygens (including phenoxy) is 1. The van der Waals surface area contributed by atoms with Crippen LogP contribution in [0.25, 0.3) is 11.2 Å². The summed E-state index contributed by atoms with van der Waals surface area (Å²) >= 11 is -0.198. The number of aromatic nitrogens is 3. The minimum Gasteiger partial charge on any atom is -0.487 e. The van der Waals surface area contributed by atoms with E-state index in [1.54, 1.807) is 6.07 Å². The molecule has 17 heavy (non-hydrogen) atoms. The molecule has 0 aliphatic carbocycles. The van der Waals surface area contributed by atoms with Gasteiger partial charge in [0.1, 0.15) is 17.9 Å². The molecule has 0 aliphatic rings. The summed E-state index contributed by atoms with van der Waals surface area (Å²) < 4.78 is 18.8. The molecule has 2 heterocycles. The molecule has 0 bridgehead atoms. The van der Waals surface area contributed by atoms with Crippen LogP contribution in [0, 0.1) is 0 Å². The van der Waals surface area contributed by atoms with Crippen molar-refractivity contribution in [1.82, 2.24) is 13.9 Å². The lowest BCUT2D eigenvalue weighted by Gasteiger charge is -2.05. The first-order valence-electron chi connectivity index (χ1n) is 4.79. The van der Waals surface area contributed by atoms with Gasteiger partial charge in [0.05, 0.1) is 0 Å². The minimum absolute atomic E-state index is 0.198. The van der Waals surface area contributed by atoms with Crippen LogP contribution in [0.2, 0.25) is 0 Å². The standard InChI is InChI=1S/C10H10FN3O2S/c1-6(2)5-16-7-3-4-12-9-8(7)13-10(15)14(9)17-11/h3-4H,1,5H2,2H3,(H,13,15). The Morgan fingerprint density at radius 1 is 1.76 bits per heavy atom. The molecule has 0 spiro atoms. The molecule has 2 aromatic rings. The van der Waals surface area contributed by atoms with Crippen LogP contribution in [0.4, 0.5) is 3.89 Å². The van der Waals surface area contributed by atoms with Gasteiger partial charge >= 0.3 is 5.69 Å². The lowest BCUT2D eigenvalue weighted by atomic mass is 10.3. The summed E-state index contributed by atoms with van der Waals surface area (Å²) in [4.78, 5) is 17.8. The summed E-state index contributed by atoms with van der Waals surface area (Å²) in [7, 11) is 0. The Labute approximate surface area is 101 Å². The molecule has 0 atom stereocenters. The Hall–Kier alpha value is -1.76. The molecular formula is C10H10FN3O2S. The fourth-order valence-electron chi connectivity index (χ4n) is 1.34. The summed E-state index contributed by atoms with van der Waals surface area (Å²) in [5.41, 5.74) is 0.855. The molecule has 0 fully saturated rings. The molecular weight excluding hydrogens is 245 g/mol. The van der Waals surface area contributed by atoms with Crippen molar-refractivity contribution in [3.8, 4) is 5.75 Å². The molecule has 1 N–H and O–H groups in total. The highest BCUT2D eigenvalue weighted by atomic mass is 32.2. The summed E-state index contributed by atoms with van der Waals surface area (Å²) in [6, 6.07) is 1.61. The fraction of sp³-hybridized carbons (Fsp3) is 0.200. The third-order valence-corrected chi connectivity index (χ3v) is 2.52. The van der Waals surface area contributed by atoms with Crippen LogP contribution in [-0.4, -0.2) is 20.5 Å². The van der Waals surface area contributed by atoms with E-state index in [-0.39, 0.29) is 18.0 Å². The maximum absolute atomic E-state index is 12.6. The Balaban J connectivity index is 2.51. The van der Waals surface area contributed by atoms with Crippen molar-refractivity contribution in [2.45, 2.75) is 6.92 Å². The number of nitrogens with one attached hydrogen (secondary N) is 1. The normalized spacial score (nSPS) is 10.7. The van der Waals surface area contributed by atoms with Gasteiger partial charge in [-0.1, -0.05) is 6.58 Å². The number of fused-ring (bicyclic) bond motifs is 1. The predicted molar refractivity (Wildman–Crippen MR) is 64.8 cm³/mol. The van der Waals surface area contributed by atoms with E-state index in [9.17, 15) is 8.68 Å². The maximum Gasteiger partial charge on any atom is 0.340 e. The number of halogens is 1. The van der Waals surface area contributed by atoms with Crippen molar-refractivity contribution in [3.63, 3.8) is 0 Å². The Bertz CT molecular complexity index is 620. The zero-order valence-corrected chi connectivity index (χ0v) is 9.88. The van der Waals surface area contributed by atoms with E-state index < -0.39 is 5.69 Å². The van der Waals surface area contributed by atoms with Crippen molar-refractivity contribution >= 4 is 23.5 Å². The minimum atomic E-state index is -0.577. The van der Waals surface area contributed by atoms with Crippen molar-refractivity contribution < 1.29 is 8.62 Å². The maximum atomic E-state index is 12.6. The van der Waals surface area contributed by atoms with E-state index in [4.69, 9.17) is 4.74 Å². The Kier molecular flexibility index (Phi) is 3.19. The van der Waals surface area contributed by atoms with Crippen LogP contribution in [0.3, 0.4) is 0 Å². The molecule has 0 saturated heterocycles. The molecule has 2 rings (SSSR count). The van der Waals surface area contributed by atoms with Crippen LogP contribution in [0.15, 0.2) is 29.2 Å². The highest BCUT2D eigenvalue weighted by molar-refractivity contribution is 7.92. The predicted octanol–water partition coefficient (Wildman–Crippen LogP) is 2.06. The highest BCUT2D eigenvalue weighted by Gasteiger charge is 2.12. The monoisotopic (exact) mass is 255 g/mol. The summed E-state index contributed by atoms with van der Waals surface area (Å²) in [5, 5.41) is 0. The van der Waals surface area contributed by atoms with Gasteiger partial charge < -0.3 is 9.72 Å². The SMILES string of the molecule is C=C(C)COc1ccnc2c1[nH]c(=O)n2SF. The lowest BCUT2D eigenvalue weighted by molar-refractivity contribution is 0.356. The second-order valence-corrected chi connectivity index (χ2v) is 4.05. The zero-order valence-electron chi connectivity index (χ0n) is 9.07. The first-order chi connectivity index (χ1) is 8.13. The van der Waals surface area contributed by atoms with Gasteiger partial charge in [-0.25, -0.2) is 9.78 Å². The number of pyridine rings is 1. The van der Waals surface area contributed by atoms with Crippen LogP contribution in [0.1, 0.15) is 6.92 Å². The van der Waals surface area contributed by atoms with Crippen molar-refractivity contribution in [2.24, 2.45) is 0 Å². The Morgan fingerprint density at radius 3 is 3.18 bits per heavy atom. The van der Waals surface area contributed by atoms with Crippen LogP contribution in [-0.2, 0) is 0 Å². The van der Waals surface area contributed by atoms with Crippen LogP contribution in [0.5, 0.6) is 5.75 Å². The number of imidazole rings is 1. The average Bonchev–Trinajstić information content (AvgIpc) is 2.62. The molecule has 0 saturated carbocycles. The van der Waals surface area contributed by atoms with Crippen molar-refractivity contribution in [1.29, 1.82) is 0 Å². The van der Waals surface area contributed by atoms with E-state index in [0.717, 1.165) is 9.55 Å². The number of H-pyrrole nitrogens is 1. The number of rotatable bonds is 4. The van der Waals surface area contributed by atoms with Gasteiger partial charge in [0, 0.05) is 12.3 Å². The number of hydrogen-bond acceptors (Lipinski definition) is 4. The summed E-state index contributed by atoms with van der Waals surface area (Å²) in [6.07, 6.45) is 1.45. The van der Waals surface area contributed by atoms with Gasteiger partial charge in [-0.2, -0.15) is 3.97 Å². The number of hydrogen-bond donors (Lipinski definition) is 1. The van der Waals surface area contributed by atoms with Gasteiger partial charge in [0.2, 0.25) is 0 Å². The van der Waals surface area contributed by atoms with Gasteiger partial charge in [-0.3, -0.25) is 0 Å². The lowest BCUT2D eigenvalue weighted by Crippen LogP contribution is -2.09. The van der Waals surface area contributed by atoms with E-state index in [2.05, 4.69) is 16.5 Å². The summed E-state index contributed by atoms with van der Waals surface area (Å²) in [5.74, 6) is 0.447. The zero-order chi connectivity index (χ0) is 12.4. The highest BCUT2D eigenvalue weighted by Crippen LogP contribution is 2.23. The van der Waals surface area contributed by atoms with E-state index in [1.165, 1.54) is 6.20 Å². The van der Waals surface area contributed by atoms with Crippen molar-refractivity contribution in [3.05, 3.63) is 34.9 Å². The molecule has 0 amide bonds. The third-order valence-electron chi connectivity index (χ3n) is 2.04. The molecule has 2 aromatic heterocycles. The molecule has 0 aromatic carbocycles. The smallest absolute Gasteiger partial charge is 0.340 e. The Morgan fingerprint density at radius 2 is 2.53 bits per heavy atom. The van der Waals surface area contributed by atoms with E-state index in [0.29, 0.717) is 17.9 Å². The van der Waals surface area contributed by atoms with E-state index in [1.807, 2.05) is 6.92 Å². The van der Waals surface area contributed by atoms with Gasteiger partial charge in [0.25, 0.3) is 0 Å². The van der Waals surface area contributed by atoms with E-state index >= 15 is 0 Å². The van der Waals surface area contributed by atoms with Gasteiger partial charge in [-0.15, -0.1) is 3.89 Å². The number of nitrogens with zero attached hydrogens (tertiary/aromatic N) is 2. The first-order valence-corrected chi connectivity index (χ1v) is 5.47.